The van der Waals surface area contributed by atoms with Crippen molar-refractivity contribution in [1.82, 2.24) is 5.32 Å². The molecule has 0 fully saturated rings. The van der Waals surface area contributed by atoms with Crippen LogP contribution in [0.3, 0.4) is 0 Å². The Morgan fingerprint density at radius 1 is 0.947 bits per heavy atom. The second-order valence-corrected chi connectivity index (χ2v) is 5.70. The van der Waals surface area contributed by atoms with Gasteiger partial charge in [0.05, 0.1) is 13.2 Å². The molecule has 1 N–H and O–H groups in total. The first-order valence-corrected chi connectivity index (χ1v) is 7.12. The summed E-state index contributed by atoms with van der Waals surface area (Å²) in [6.45, 7) is 11.1. The molecular formula is C16H27NO2. The maximum Gasteiger partial charge on any atom is 0.119 e. The van der Waals surface area contributed by atoms with E-state index >= 15 is 0 Å². The number of hydrogen-bond acceptors (Lipinski definition) is 3. The Kier molecular flexibility index (Phi) is 6.71. The van der Waals surface area contributed by atoms with Crippen LogP contribution in [0.2, 0.25) is 0 Å². The van der Waals surface area contributed by atoms with Crippen LogP contribution in [0.15, 0.2) is 24.3 Å². The van der Waals surface area contributed by atoms with E-state index in [0.717, 1.165) is 44.1 Å². The molecule has 19 heavy (non-hydrogen) atoms. The number of rotatable bonds is 8. The molecule has 0 radical (unpaired) electrons. The van der Waals surface area contributed by atoms with E-state index in [0.29, 0.717) is 0 Å². The molecule has 1 aromatic carbocycles. The van der Waals surface area contributed by atoms with Crippen molar-refractivity contribution in [2.45, 2.75) is 46.1 Å². The second-order valence-electron chi connectivity index (χ2n) is 5.70. The highest BCUT2D eigenvalue weighted by molar-refractivity contribution is 5.31. The zero-order valence-electron chi connectivity index (χ0n) is 12.7. The molecule has 0 amide bonds. The molecule has 0 heterocycles. The lowest BCUT2D eigenvalue weighted by Gasteiger charge is -2.20. The quantitative estimate of drug-likeness (QED) is 0.728. The molecule has 0 aliphatic heterocycles. The summed E-state index contributed by atoms with van der Waals surface area (Å²) < 4.78 is 11.2. The summed E-state index contributed by atoms with van der Waals surface area (Å²) in [5.74, 6) is 1.81. The highest BCUT2D eigenvalue weighted by Crippen LogP contribution is 2.17. The predicted octanol–water partition coefficient (Wildman–Crippen LogP) is 3.63. The summed E-state index contributed by atoms with van der Waals surface area (Å²) in [6, 6.07) is 7.83. The van der Waals surface area contributed by atoms with Gasteiger partial charge < -0.3 is 14.8 Å². The van der Waals surface area contributed by atoms with Gasteiger partial charge in [0.15, 0.2) is 0 Å². The first-order chi connectivity index (χ1) is 9.01. The minimum atomic E-state index is 0.179. The molecule has 0 spiro atoms. The number of benzene rings is 1. The van der Waals surface area contributed by atoms with Crippen molar-refractivity contribution < 1.29 is 9.47 Å². The van der Waals surface area contributed by atoms with Crippen LogP contribution in [-0.2, 0) is 0 Å². The molecule has 3 heteroatoms. The van der Waals surface area contributed by atoms with Crippen LogP contribution in [0.25, 0.3) is 0 Å². The fraction of sp³-hybridized carbons (Fsp3) is 0.625. The van der Waals surface area contributed by atoms with Crippen LogP contribution in [-0.4, -0.2) is 25.3 Å². The molecule has 0 aliphatic rings. The minimum absolute atomic E-state index is 0.179. The molecular weight excluding hydrogens is 238 g/mol. The molecule has 108 valence electrons. The lowest BCUT2D eigenvalue weighted by Crippen LogP contribution is -2.36. The molecule has 1 rings (SSSR count). The maximum atomic E-state index is 5.68. The molecule has 1 aromatic rings. The average molecular weight is 265 g/mol. The van der Waals surface area contributed by atoms with Crippen LogP contribution in [0, 0.1) is 0 Å². The number of nitrogens with one attached hydrogen (secondary N) is 1. The largest absolute Gasteiger partial charge is 0.494 e. The molecule has 0 saturated carbocycles. The van der Waals surface area contributed by atoms with Crippen molar-refractivity contribution in [3.63, 3.8) is 0 Å². The van der Waals surface area contributed by atoms with Crippen molar-refractivity contribution in [3.8, 4) is 11.5 Å². The fourth-order valence-corrected chi connectivity index (χ4v) is 1.58. The molecule has 0 aliphatic carbocycles. The van der Waals surface area contributed by atoms with Crippen molar-refractivity contribution in [3.05, 3.63) is 24.3 Å². The van der Waals surface area contributed by atoms with Gasteiger partial charge in [-0.1, -0.05) is 6.92 Å². The summed E-state index contributed by atoms with van der Waals surface area (Å²) >= 11 is 0. The molecule has 3 nitrogen and oxygen atoms in total. The summed E-state index contributed by atoms with van der Waals surface area (Å²) in [6.07, 6.45) is 2.03. The Morgan fingerprint density at radius 2 is 1.47 bits per heavy atom. The lowest BCUT2D eigenvalue weighted by molar-refractivity contribution is 0.295. The standard InChI is InChI=1S/C16H27NO2/c1-5-12-18-14-7-9-15(10-8-14)19-13-6-11-17-16(2,3)4/h7-10,17H,5-6,11-13H2,1-4H3. The Hall–Kier alpha value is -1.22. The zero-order chi connectivity index (χ0) is 14.1. The average Bonchev–Trinajstić information content (AvgIpc) is 2.36. The molecule has 0 atom stereocenters. The lowest BCUT2D eigenvalue weighted by atomic mass is 10.1. The normalized spacial score (nSPS) is 11.4. The van der Waals surface area contributed by atoms with Crippen LogP contribution >= 0.6 is 0 Å². The Morgan fingerprint density at radius 3 is 1.95 bits per heavy atom. The van der Waals surface area contributed by atoms with E-state index in [1.54, 1.807) is 0 Å². The van der Waals surface area contributed by atoms with Gasteiger partial charge in [0.1, 0.15) is 11.5 Å². The van der Waals surface area contributed by atoms with E-state index in [1.807, 2.05) is 24.3 Å². The van der Waals surface area contributed by atoms with Gasteiger partial charge >= 0.3 is 0 Å². The summed E-state index contributed by atoms with van der Waals surface area (Å²) in [5, 5.41) is 3.44. The topological polar surface area (TPSA) is 30.5 Å². The van der Waals surface area contributed by atoms with Gasteiger partial charge in [-0.05, 0) is 64.4 Å². The van der Waals surface area contributed by atoms with Gasteiger partial charge in [-0.3, -0.25) is 0 Å². The van der Waals surface area contributed by atoms with E-state index in [2.05, 4.69) is 33.0 Å². The SMILES string of the molecule is CCCOc1ccc(OCCCNC(C)(C)C)cc1. The third-order valence-electron chi connectivity index (χ3n) is 2.54. The van der Waals surface area contributed by atoms with E-state index in [4.69, 9.17) is 9.47 Å². The number of hydrogen-bond donors (Lipinski definition) is 1. The fourth-order valence-electron chi connectivity index (χ4n) is 1.58. The Balaban J connectivity index is 2.19. The highest BCUT2D eigenvalue weighted by Gasteiger charge is 2.07. The van der Waals surface area contributed by atoms with E-state index in [9.17, 15) is 0 Å². The number of ether oxygens (including phenoxy) is 2. The van der Waals surface area contributed by atoms with Crippen LogP contribution < -0.4 is 14.8 Å². The summed E-state index contributed by atoms with van der Waals surface area (Å²) in [4.78, 5) is 0. The predicted molar refractivity (Wildman–Crippen MR) is 80.1 cm³/mol. The van der Waals surface area contributed by atoms with E-state index < -0.39 is 0 Å². The monoisotopic (exact) mass is 265 g/mol. The summed E-state index contributed by atoms with van der Waals surface area (Å²) in [7, 11) is 0. The first-order valence-electron chi connectivity index (χ1n) is 7.12. The second kappa shape index (κ2) is 8.05. The molecule has 0 saturated heterocycles. The zero-order valence-corrected chi connectivity index (χ0v) is 12.7. The smallest absolute Gasteiger partial charge is 0.119 e. The van der Waals surface area contributed by atoms with Crippen molar-refractivity contribution in [2.24, 2.45) is 0 Å². The third kappa shape index (κ3) is 7.73. The van der Waals surface area contributed by atoms with Crippen LogP contribution in [0.1, 0.15) is 40.5 Å². The van der Waals surface area contributed by atoms with Gasteiger partial charge in [0, 0.05) is 5.54 Å². The van der Waals surface area contributed by atoms with Gasteiger partial charge in [-0.25, -0.2) is 0 Å². The highest BCUT2D eigenvalue weighted by atomic mass is 16.5. The van der Waals surface area contributed by atoms with Gasteiger partial charge in [-0.15, -0.1) is 0 Å². The van der Waals surface area contributed by atoms with E-state index in [1.165, 1.54) is 0 Å². The van der Waals surface area contributed by atoms with Gasteiger partial charge in [0.25, 0.3) is 0 Å². The Labute approximate surface area is 117 Å². The van der Waals surface area contributed by atoms with Crippen LogP contribution in [0.5, 0.6) is 11.5 Å². The van der Waals surface area contributed by atoms with Crippen molar-refractivity contribution in [2.75, 3.05) is 19.8 Å². The van der Waals surface area contributed by atoms with Crippen molar-refractivity contribution >= 4 is 0 Å². The molecule has 0 bridgehead atoms. The third-order valence-corrected chi connectivity index (χ3v) is 2.54. The van der Waals surface area contributed by atoms with Crippen molar-refractivity contribution in [1.29, 1.82) is 0 Å². The summed E-state index contributed by atoms with van der Waals surface area (Å²) in [5.41, 5.74) is 0.179. The van der Waals surface area contributed by atoms with Gasteiger partial charge in [0.2, 0.25) is 0 Å². The first kappa shape index (κ1) is 15.8. The maximum absolute atomic E-state index is 5.68. The van der Waals surface area contributed by atoms with E-state index in [-0.39, 0.29) is 5.54 Å². The minimum Gasteiger partial charge on any atom is -0.494 e. The van der Waals surface area contributed by atoms with Crippen LogP contribution in [0.4, 0.5) is 0 Å². The molecule has 0 unspecified atom stereocenters. The molecule has 0 aromatic heterocycles. The van der Waals surface area contributed by atoms with Gasteiger partial charge in [-0.2, -0.15) is 0 Å². The Bertz CT molecular complexity index is 341.